The Kier molecular flexibility index (Phi) is 4.27. The Hall–Kier alpha value is -2.10. The van der Waals surface area contributed by atoms with Gasteiger partial charge in [-0.2, -0.15) is 0 Å². The summed E-state index contributed by atoms with van der Waals surface area (Å²) in [5.74, 6) is -0.0846. The van der Waals surface area contributed by atoms with E-state index in [9.17, 15) is 4.79 Å². The van der Waals surface area contributed by atoms with Crippen molar-refractivity contribution in [3.8, 4) is 11.3 Å². The number of aromatic nitrogens is 2. The van der Waals surface area contributed by atoms with E-state index in [0.717, 1.165) is 11.3 Å². The molecule has 0 fully saturated rings. The average Bonchev–Trinajstić information content (AvgIpc) is 2.96. The van der Waals surface area contributed by atoms with Gasteiger partial charge in [-0.25, -0.2) is 4.98 Å². The van der Waals surface area contributed by atoms with Crippen LogP contribution in [0.3, 0.4) is 0 Å². The lowest BCUT2D eigenvalue weighted by Gasteiger charge is -2.04. The molecule has 0 aliphatic heterocycles. The Morgan fingerprint density at radius 3 is 2.59 bits per heavy atom. The van der Waals surface area contributed by atoms with Crippen molar-refractivity contribution < 1.29 is 4.79 Å². The van der Waals surface area contributed by atoms with Gasteiger partial charge >= 0.3 is 0 Å². The molecule has 0 amide bonds. The molecule has 0 atom stereocenters. The first-order chi connectivity index (χ1) is 10.6. The molecule has 0 saturated heterocycles. The third-order valence-corrected chi connectivity index (χ3v) is 3.81. The fourth-order valence-electron chi connectivity index (χ4n) is 2.17. The minimum Gasteiger partial charge on any atom is -0.329 e. The molecule has 3 nitrogen and oxygen atoms in total. The van der Waals surface area contributed by atoms with Gasteiger partial charge in [0, 0.05) is 22.3 Å². The number of ketones is 1. The monoisotopic (exact) mass is 330 g/mol. The molecule has 0 spiro atoms. The number of Topliss-reactive ketones (excluding diaryl/α,β-unsaturated/α-hetero) is 1. The molecular formula is C17H12Cl2N2O. The minimum absolute atomic E-state index is 0.0846. The zero-order valence-corrected chi connectivity index (χ0v) is 13.1. The van der Waals surface area contributed by atoms with Crippen LogP contribution in [0.2, 0.25) is 10.0 Å². The van der Waals surface area contributed by atoms with Gasteiger partial charge < -0.3 is 4.57 Å². The van der Waals surface area contributed by atoms with Gasteiger partial charge in [-0.15, -0.1) is 0 Å². The Bertz CT molecular complexity index is 813. The topological polar surface area (TPSA) is 34.9 Å². The van der Waals surface area contributed by atoms with Gasteiger partial charge in [-0.3, -0.25) is 4.79 Å². The Balaban J connectivity index is 1.79. The van der Waals surface area contributed by atoms with Crippen LogP contribution in [0.1, 0.15) is 10.4 Å². The fourth-order valence-corrected chi connectivity index (χ4v) is 2.69. The molecule has 0 aliphatic carbocycles. The number of hydrogen-bond donors (Lipinski definition) is 0. The predicted molar refractivity (Wildman–Crippen MR) is 88.5 cm³/mol. The lowest BCUT2D eigenvalue weighted by atomic mass is 10.1. The molecule has 0 N–H and O–H groups in total. The summed E-state index contributed by atoms with van der Waals surface area (Å²) in [6.07, 6.45) is 3.49. The smallest absolute Gasteiger partial charge is 0.184 e. The second kappa shape index (κ2) is 6.34. The van der Waals surface area contributed by atoms with E-state index in [2.05, 4.69) is 4.98 Å². The molecule has 2 aromatic carbocycles. The van der Waals surface area contributed by atoms with E-state index in [1.54, 1.807) is 29.1 Å². The van der Waals surface area contributed by atoms with Crippen molar-refractivity contribution in [2.45, 2.75) is 6.54 Å². The second-order valence-corrected chi connectivity index (χ2v) is 5.69. The summed E-state index contributed by atoms with van der Waals surface area (Å²) in [6.45, 7) is 0.182. The van der Waals surface area contributed by atoms with E-state index in [1.807, 2.05) is 36.5 Å². The van der Waals surface area contributed by atoms with Gasteiger partial charge in [0.25, 0.3) is 0 Å². The van der Waals surface area contributed by atoms with E-state index < -0.39 is 0 Å². The molecule has 3 rings (SSSR count). The van der Waals surface area contributed by atoms with Crippen LogP contribution in [0.15, 0.2) is 61.1 Å². The molecule has 5 heteroatoms. The van der Waals surface area contributed by atoms with E-state index in [-0.39, 0.29) is 12.3 Å². The highest BCUT2D eigenvalue weighted by Crippen LogP contribution is 2.22. The molecule has 3 aromatic rings. The first kappa shape index (κ1) is 14.8. The quantitative estimate of drug-likeness (QED) is 0.647. The van der Waals surface area contributed by atoms with Crippen LogP contribution in [0.25, 0.3) is 11.3 Å². The van der Waals surface area contributed by atoms with Crippen molar-refractivity contribution in [1.29, 1.82) is 0 Å². The Morgan fingerprint density at radius 1 is 1.09 bits per heavy atom. The molecule has 0 radical (unpaired) electrons. The van der Waals surface area contributed by atoms with Crippen molar-refractivity contribution in [2.24, 2.45) is 0 Å². The number of halogens is 2. The lowest BCUT2D eigenvalue weighted by molar-refractivity contribution is 0.0972. The van der Waals surface area contributed by atoms with Crippen LogP contribution in [-0.4, -0.2) is 15.3 Å². The summed E-state index contributed by atoms with van der Waals surface area (Å²) in [4.78, 5) is 16.6. The van der Waals surface area contributed by atoms with E-state index >= 15 is 0 Å². The number of carbonyl (C=O) groups excluding carboxylic acids is 1. The van der Waals surface area contributed by atoms with Crippen LogP contribution in [0.5, 0.6) is 0 Å². The van der Waals surface area contributed by atoms with Crippen molar-refractivity contribution in [1.82, 2.24) is 9.55 Å². The predicted octanol–water partition coefficient (Wildman–Crippen LogP) is 4.74. The van der Waals surface area contributed by atoms with E-state index in [0.29, 0.717) is 15.6 Å². The van der Waals surface area contributed by atoms with Crippen molar-refractivity contribution >= 4 is 29.0 Å². The Labute approximate surface area is 138 Å². The van der Waals surface area contributed by atoms with Gasteiger partial charge in [0.05, 0.1) is 23.6 Å². The summed E-state index contributed by atoms with van der Waals surface area (Å²) < 4.78 is 1.75. The average molecular weight is 331 g/mol. The lowest BCUT2D eigenvalue weighted by Crippen LogP contribution is -2.09. The van der Waals surface area contributed by atoms with Gasteiger partial charge in [0.2, 0.25) is 0 Å². The summed E-state index contributed by atoms with van der Waals surface area (Å²) >= 11 is 11.9. The fraction of sp³-hybridized carbons (Fsp3) is 0.0588. The van der Waals surface area contributed by atoms with Crippen molar-refractivity contribution in [3.63, 3.8) is 0 Å². The second-order valence-electron chi connectivity index (χ2n) is 4.84. The molecule has 0 bridgehead atoms. The molecule has 110 valence electrons. The number of imidazole rings is 1. The third-order valence-electron chi connectivity index (χ3n) is 3.26. The minimum atomic E-state index is -0.0846. The summed E-state index contributed by atoms with van der Waals surface area (Å²) in [5.41, 5.74) is 2.30. The number of rotatable bonds is 4. The highest BCUT2D eigenvalue weighted by atomic mass is 35.5. The first-order valence-electron chi connectivity index (χ1n) is 6.69. The zero-order valence-electron chi connectivity index (χ0n) is 11.5. The molecule has 1 aromatic heterocycles. The molecule has 0 unspecified atom stereocenters. The number of hydrogen-bond acceptors (Lipinski definition) is 2. The van der Waals surface area contributed by atoms with Crippen LogP contribution >= 0.6 is 23.2 Å². The van der Waals surface area contributed by atoms with E-state index in [1.165, 1.54) is 0 Å². The van der Waals surface area contributed by atoms with Gasteiger partial charge in [0.1, 0.15) is 0 Å². The molecule has 1 heterocycles. The number of nitrogens with zero attached hydrogens (tertiary/aromatic N) is 2. The summed E-state index contributed by atoms with van der Waals surface area (Å²) in [5, 5.41) is 0.872. The van der Waals surface area contributed by atoms with E-state index in [4.69, 9.17) is 23.2 Å². The maximum absolute atomic E-state index is 12.3. The highest BCUT2D eigenvalue weighted by Gasteiger charge is 2.12. The highest BCUT2D eigenvalue weighted by molar-refractivity contribution is 6.36. The molecule has 22 heavy (non-hydrogen) atoms. The largest absolute Gasteiger partial charge is 0.329 e. The van der Waals surface area contributed by atoms with Gasteiger partial charge in [-0.05, 0) is 18.2 Å². The Morgan fingerprint density at radius 2 is 1.86 bits per heavy atom. The van der Waals surface area contributed by atoms with Crippen LogP contribution in [0, 0.1) is 0 Å². The first-order valence-corrected chi connectivity index (χ1v) is 7.44. The maximum Gasteiger partial charge on any atom is 0.184 e. The van der Waals surface area contributed by atoms with Crippen LogP contribution < -0.4 is 0 Å². The van der Waals surface area contributed by atoms with Crippen molar-refractivity contribution in [2.75, 3.05) is 0 Å². The van der Waals surface area contributed by atoms with Gasteiger partial charge in [0.15, 0.2) is 5.78 Å². The summed E-state index contributed by atoms with van der Waals surface area (Å²) in [7, 11) is 0. The molecular weight excluding hydrogens is 319 g/mol. The third kappa shape index (κ3) is 3.21. The normalized spacial score (nSPS) is 10.6. The van der Waals surface area contributed by atoms with Crippen LogP contribution in [-0.2, 0) is 6.54 Å². The number of carbonyl (C=O) groups is 1. The van der Waals surface area contributed by atoms with Crippen molar-refractivity contribution in [3.05, 3.63) is 76.7 Å². The van der Waals surface area contributed by atoms with Gasteiger partial charge in [-0.1, -0.05) is 53.5 Å². The van der Waals surface area contributed by atoms with Crippen LogP contribution in [0.4, 0.5) is 0 Å². The zero-order chi connectivity index (χ0) is 15.5. The molecule has 0 aliphatic rings. The summed E-state index contributed by atoms with van der Waals surface area (Å²) in [6, 6.07) is 14.7. The molecule has 0 saturated carbocycles. The SMILES string of the molecule is O=C(Cn1cnc(-c2ccccc2)c1)c1ccc(Cl)cc1Cl. The number of benzene rings is 2. The standard InChI is InChI=1S/C17H12Cl2N2O/c18-13-6-7-14(15(19)8-13)17(22)10-21-9-16(20-11-21)12-4-2-1-3-5-12/h1-9,11H,10H2. The maximum atomic E-state index is 12.3.